The van der Waals surface area contributed by atoms with Gasteiger partial charge in [0.05, 0.1) is 23.3 Å². The van der Waals surface area contributed by atoms with E-state index in [9.17, 15) is 14.9 Å². The quantitative estimate of drug-likeness (QED) is 0.277. The van der Waals surface area contributed by atoms with E-state index in [-0.39, 0.29) is 17.2 Å². The molecule has 4 heterocycles. The first-order valence-corrected chi connectivity index (χ1v) is 16.3. The van der Waals surface area contributed by atoms with Crippen LogP contribution in [-0.2, 0) is 6.54 Å². The predicted molar refractivity (Wildman–Crippen MR) is 180 cm³/mol. The van der Waals surface area contributed by atoms with E-state index in [0.29, 0.717) is 61.8 Å². The van der Waals surface area contributed by atoms with Crippen LogP contribution < -0.4 is 9.64 Å². The number of nitrogens with zero attached hydrogens (tertiary/aromatic N) is 6. The number of fused-ring (bicyclic) bond motifs is 1. The molecule has 4 aromatic rings. The largest absolute Gasteiger partial charge is 0.492 e. The molecule has 0 N–H and O–H groups in total. The van der Waals surface area contributed by atoms with Gasteiger partial charge in [0.15, 0.2) is 0 Å². The van der Waals surface area contributed by atoms with Crippen LogP contribution in [0.25, 0.3) is 0 Å². The summed E-state index contributed by atoms with van der Waals surface area (Å²) in [6.45, 7) is 5.92. The molecule has 1 saturated heterocycles. The number of carbonyl (C=O) groups is 2. The number of benzene rings is 2. The van der Waals surface area contributed by atoms with E-state index in [1.165, 1.54) is 0 Å². The van der Waals surface area contributed by atoms with E-state index in [0.717, 1.165) is 49.2 Å². The fourth-order valence-corrected chi connectivity index (χ4v) is 6.60. The summed E-state index contributed by atoms with van der Waals surface area (Å²) in [5, 5.41) is 9.34. The molecule has 1 spiro atoms. The van der Waals surface area contributed by atoms with Gasteiger partial charge in [0, 0.05) is 63.3 Å². The summed E-state index contributed by atoms with van der Waals surface area (Å²) in [6, 6.07) is 25.2. The summed E-state index contributed by atoms with van der Waals surface area (Å²) >= 11 is 0. The first kappa shape index (κ1) is 31.7. The Morgan fingerprint density at radius 2 is 1.70 bits per heavy atom. The molecule has 0 radical (unpaired) electrons. The fourth-order valence-electron chi connectivity index (χ4n) is 6.60. The van der Waals surface area contributed by atoms with Crippen molar-refractivity contribution in [1.29, 1.82) is 5.26 Å². The number of anilines is 1. The van der Waals surface area contributed by atoms with E-state index in [1.54, 1.807) is 24.7 Å². The molecule has 0 atom stereocenters. The second-order valence-electron chi connectivity index (χ2n) is 12.6. The fraction of sp³-hybridized carbons (Fsp3) is 0.342. The highest BCUT2D eigenvalue weighted by molar-refractivity contribution is 5.97. The molecule has 2 amide bonds. The van der Waals surface area contributed by atoms with Crippen molar-refractivity contribution in [2.75, 3.05) is 44.2 Å². The minimum atomic E-state index is -0.168. The van der Waals surface area contributed by atoms with Gasteiger partial charge in [-0.2, -0.15) is 5.26 Å². The molecule has 0 saturated carbocycles. The Morgan fingerprint density at radius 1 is 0.915 bits per heavy atom. The van der Waals surface area contributed by atoms with Crippen molar-refractivity contribution in [3.8, 4) is 11.8 Å². The summed E-state index contributed by atoms with van der Waals surface area (Å²) in [4.78, 5) is 42.5. The Bertz CT molecular complexity index is 1730. The molecular formula is C38H40N6O3. The number of hydrogen-bond acceptors (Lipinski definition) is 7. The number of para-hydroxylation sites is 1. The van der Waals surface area contributed by atoms with Crippen LogP contribution >= 0.6 is 0 Å². The number of nitriles is 1. The number of likely N-dealkylation sites (tertiary alicyclic amines) is 1. The van der Waals surface area contributed by atoms with Gasteiger partial charge < -0.3 is 19.4 Å². The summed E-state index contributed by atoms with van der Waals surface area (Å²) in [5.74, 6) is 1.30. The number of rotatable bonds is 4. The van der Waals surface area contributed by atoms with Crippen LogP contribution in [0.2, 0.25) is 0 Å². The Hall–Kier alpha value is -5.23. The number of carbonyl (C=O) groups excluding carboxylic acids is 2. The maximum Gasteiger partial charge on any atom is 0.257 e. The minimum Gasteiger partial charge on any atom is -0.492 e. The van der Waals surface area contributed by atoms with Crippen molar-refractivity contribution < 1.29 is 14.3 Å². The monoisotopic (exact) mass is 628 g/mol. The van der Waals surface area contributed by atoms with Crippen LogP contribution in [0.4, 0.5) is 5.82 Å². The first-order valence-electron chi connectivity index (χ1n) is 16.3. The molecule has 47 heavy (non-hydrogen) atoms. The van der Waals surface area contributed by atoms with Crippen LogP contribution in [0.15, 0.2) is 91.4 Å². The zero-order chi connectivity index (χ0) is 32.6. The number of aryl methyl sites for hydroxylation is 1. The van der Waals surface area contributed by atoms with Crippen LogP contribution in [0.5, 0.6) is 5.75 Å². The van der Waals surface area contributed by atoms with Crippen molar-refractivity contribution in [1.82, 2.24) is 19.8 Å². The van der Waals surface area contributed by atoms with Crippen LogP contribution in [0.3, 0.4) is 0 Å². The summed E-state index contributed by atoms with van der Waals surface area (Å²) in [6.07, 6.45) is 8.35. The summed E-state index contributed by atoms with van der Waals surface area (Å²) in [5.41, 5.74) is 3.51. The van der Waals surface area contributed by atoms with Gasteiger partial charge in [-0.1, -0.05) is 42.5 Å². The Kier molecular flexibility index (Phi) is 9.77. The Balaban J connectivity index is 1.28. The smallest absolute Gasteiger partial charge is 0.257 e. The van der Waals surface area contributed by atoms with Gasteiger partial charge in [0.25, 0.3) is 11.8 Å². The molecule has 240 valence electrons. The second kappa shape index (κ2) is 14.5. The van der Waals surface area contributed by atoms with Gasteiger partial charge in [-0.25, -0.2) is 4.98 Å². The molecule has 2 aliphatic heterocycles. The lowest BCUT2D eigenvalue weighted by atomic mass is 9.75. The molecule has 0 bridgehead atoms. The van der Waals surface area contributed by atoms with Gasteiger partial charge in [-0.3, -0.25) is 14.6 Å². The van der Waals surface area contributed by atoms with Crippen molar-refractivity contribution in [2.45, 2.75) is 39.2 Å². The molecule has 2 aromatic carbocycles. The van der Waals surface area contributed by atoms with E-state index in [4.69, 9.17) is 4.74 Å². The van der Waals surface area contributed by atoms with Gasteiger partial charge >= 0.3 is 0 Å². The lowest BCUT2D eigenvalue weighted by Gasteiger charge is -2.42. The third kappa shape index (κ3) is 7.44. The SMILES string of the molecule is Cc1ccncc1C(=O)N1CCC2(CCCN(c3ccc(C#N)cn3)CCN(Cc3ccccc3)C(=O)c3ccccc3OC2)CC1. The average Bonchev–Trinajstić information content (AvgIpc) is 3.12. The number of piperidine rings is 1. The molecule has 2 aromatic heterocycles. The highest BCUT2D eigenvalue weighted by Crippen LogP contribution is 2.38. The van der Waals surface area contributed by atoms with E-state index < -0.39 is 0 Å². The molecule has 9 heteroatoms. The first-order chi connectivity index (χ1) is 22.9. The molecule has 9 nitrogen and oxygen atoms in total. The average molecular weight is 629 g/mol. The zero-order valence-corrected chi connectivity index (χ0v) is 26.8. The van der Waals surface area contributed by atoms with Gasteiger partial charge in [0.2, 0.25) is 0 Å². The molecule has 2 aliphatic rings. The van der Waals surface area contributed by atoms with Crippen molar-refractivity contribution in [2.24, 2.45) is 5.41 Å². The lowest BCUT2D eigenvalue weighted by molar-refractivity contribution is 0.0363. The number of amides is 2. The zero-order valence-electron chi connectivity index (χ0n) is 26.8. The van der Waals surface area contributed by atoms with Crippen molar-refractivity contribution in [3.05, 3.63) is 119 Å². The number of hydrogen-bond donors (Lipinski definition) is 0. The van der Waals surface area contributed by atoms with Crippen LogP contribution in [0.1, 0.15) is 63.1 Å². The number of aromatic nitrogens is 2. The number of pyridine rings is 2. The lowest BCUT2D eigenvalue weighted by Crippen LogP contribution is -2.46. The molecular weight excluding hydrogens is 588 g/mol. The molecule has 1 fully saturated rings. The summed E-state index contributed by atoms with van der Waals surface area (Å²) < 4.78 is 6.58. The molecule has 6 rings (SSSR count). The van der Waals surface area contributed by atoms with Crippen molar-refractivity contribution >= 4 is 17.6 Å². The highest BCUT2D eigenvalue weighted by atomic mass is 16.5. The standard InChI is InChI=1S/C38H40N6O3/c1-29-14-18-40-26-33(29)37(46)43-20-16-38(17-21-43)15-7-19-42(35-13-12-31(24-39)25-41-35)22-23-44(27-30-8-3-2-4-9-30)36(45)32-10-5-6-11-34(32)47-28-38/h2-6,8-14,18,25-26H,7,15-17,19-23,27-28H2,1H3. The van der Waals surface area contributed by atoms with E-state index >= 15 is 0 Å². The maximum atomic E-state index is 14.2. The highest BCUT2D eigenvalue weighted by Gasteiger charge is 2.38. The Labute approximate surface area is 276 Å². The topological polar surface area (TPSA) is 103 Å². The van der Waals surface area contributed by atoms with E-state index in [2.05, 4.69) is 20.9 Å². The predicted octanol–water partition coefficient (Wildman–Crippen LogP) is 5.90. The third-order valence-electron chi connectivity index (χ3n) is 9.51. The second-order valence-corrected chi connectivity index (χ2v) is 12.6. The van der Waals surface area contributed by atoms with Crippen molar-refractivity contribution in [3.63, 3.8) is 0 Å². The third-order valence-corrected chi connectivity index (χ3v) is 9.51. The van der Waals surface area contributed by atoms with Crippen LogP contribution in [-0.4, -0.2) is 70.9 Å². The van der Waals surface area contributed by atoms with E-state index in [1.807, 2.05) is 83.5 Å². The van der Waals surface area contributed by atoms with Gasteiger partial charge in [0.1, 0.15) is 17.6 Å². The number of ether oxygens (including phenoxy) is 1. The normalized spacial score (nSPS) is 17.0. The molecule has 0 aliphatic carbocycles. The molecule has 0 unspecified atom stereocenters. The van der Waals surface area contributed by atoms with Crippen LogP contribution in [0, 0.1) is 23.7 Å². The van der Waals surface area contributed by atoms with Gasteiger partial charge in [-0.05, 0) is 74.1 Å². The Morgan fingerprint density at radius 3 is 2.45 bits per heavy atom. The summed E-state index contributed by atoms with van der Waals surface area (Å²) in [7, 11) is 0. The van der Waals surface area contributed by atoms with Gasteiger partial charge in [-0.15, -0.1) is 0 Å². The minimum absolute atomic E-state index is 0.0172. The maximum absolute atomic E-state index is 14.2.